The van der Waals surface area contributed by atoms with Gasteiger partial charge in [-0.15, -0.1) is 0 Å². The number of nitrogens with zero attached hydrogens (tertiary/aromatic N) is 1. The van der Waals surface area contributed by atoms with Gasteiger partial charge in [-0.05, 0) is 18.4 Å². The van der Waals surface area contributed by atoms with Crippen LogP contribution in [0.4, 0.5) is 0 Å². The molecule has 1 N–H and O–H groups in total. The third-order valence-corrected chi connectivity index (χ3v) is 5.55. The summed E-state index contributed by atoms with van der Waals surface area (Å²) in [5.74, 6) is 1.32. The molecule has 6 nitrogen and oxygen atoms in total. The molecule has 1 fully saturated rings. The van der Waals surface area contributed by atoms with E-state index in [1.54, 1.807) is 19.2 Å². The summed E-state index contributed by atoms with van der Waals surface area (Å²) in [6.07, 6.45) is 1.42. The fourth-order valence-electron chi connectivity index (χ4n) is 4.00. The van der Waals surface area contributed by atoms with Crippen LogP contribution in [-0.2, 0) is 5.41 Å². The van der Waals surface area contributed by atoms with Gasteiger partial charge >= 0.3 is 0 Å². The van der Waals surface area contributed by atoms with Crippen LogP contribution in [0.1, 0.15) is 28.8 Å². The van der Waals surface area contributed by atoms with Crippen LogP contribution in [-0.4, -0.2) is 56.9 Å². The molecule has 6 heteroatoms. The monoisotopic (exact) mass is 385 g/mol. The number of likely N-dealkylation sites (tertiary alicyclic amines) is 1. The van der Waals surface area contributed by atoms with Gasteiger partial charge < -0.3 is 24.2 Å². The molecule has 0 saturated carbocycles. The number of carbonyl (C=O) groups excluding carboxylic acids is 1. The van der Waals surface area contributed by atoms with Crippen molar-refractivity contribution < 1.29 is 24.1 Å². The number of rotatable bonds is 7. The fourth-order valence-corrected chi connectivity index (χ4v) is 4.00. The first-order valence-corrected chi connectivity index (χ1v) is 9.34. The molecule has 0 radical (unpaired) electrons. The second-order valence-corrected chi connectivity index (χ2v) is 7.00. The van der Waals surface area contributed by atoms with E-state index in [9.17, 15) is 9.90 Å². The van der Waals surface area contributed by atoms with Crippen LogP contribution in [0.25, 0.3) is 0 Å². The van der Waals surface area contributed by atoms with Crippen LogP contribution in [0.5, 0.6) is 17.2 Å². The topological polar surface area (TPSA) is 68.2 Å². The van der Waals surface area contributed by atoms with Crippen molar-refractivity contribution in [2.45, 2.75) is 18.3 Å². The number of aliphatic hydroxyl groups excluding tert-OH is 1. The average molecular weight is 385 g/mol. The SMILES string of the molecule is COc1cc(OC)c(C(=O)N2CCC(CCO)(c3ccccc3)C2)cc1OC. The lowest BCUT2D eigenvalue weighted by atomic mass is 9.77. The normalized spacial score (nSPS) is 18.8. The second-order valence-electron chi connectivity index (χ2n) is 7.00. The molecule has 1 aliphatic rings. The van der Waals surface area contributed by atoms with Gasteiger partial charge in [0.1, 0.15) is 5.75 Å². The Kier molecular flexibility index (Phi) is 6.09. The molecular formula is C22H27NO5. The smallest absolute Gasteiger partial charge is 0.257 e. The third kappa shape index (κ3) is 3.64. The third-order valence-electron chi connectivity index (χ3n) is 5.55. The quantitative estimate of drug-likeness (QED) is 0.794. The summed E-state index contributed by atoms with van der Waals surface area (Å²) in [6.45, 7) is 1.25. The first-order valence-electron chi connectivity index (χ1n) is 9.34. The van der Waals surface area contributed by atoms with Crippen molar-refractivity contribution in [1.29, 1.82) is 0 Å². The first kappa shape index (κ1) is 20.0. The Morgan fingerprint density at radius 1 is 1.04 bits per heavy atom. The molecule has 2 aromatic carbocycles. The lowest BCUT2D eigenvalue weighted by molar-refractivity contribution is 0.0775. The largest absolute Gasteiger partial charge is 0.496 e. The van der Waals surface area contributed by atoms with Crippen molar-refractivity contribution in [3.63, 3.8) is 0 Å². The van der Waals surface area contributed by atoms with E-state index >= 15 is 0 Å². The Labute approximate surface area is 165 Å². The van der Waals surface area contributed by atoms with Gasteiger partial charge in [0.25, 0.3) is 5.91 Å². The molecule has 1 heterocycles. The lowest BCUT2D eigenvalue weighted by Crippen LogP contribution is -2.35. The number of ether oxygens (including phenoxy) is 3. The average Bonchev–Trinajstić information content (AvgIpc) is 3.18. The van der Waals surface area contributed by atoms with E-state index in [-0.39, 0.29) is 17.9 Å². The summed E-state index contributed by atoms with van der Waals surface area (Å²) in [5.41, 5.74) is 1.35. The Balaban J connectivity index is 1.92. The molecular weight excluding hydrogens is 358 g/mol. The van der Waals surface area contributed by atoms with Crippen LogP contribution in [0.2, 0.25) is 0 Å². The molecule has 1 saturated heterocycles. The van der Waals surface area contributed by atoms with Gasteiger partial charge in [0, 0.05) is 37.2 Å². The van der Waals surface area contributed by atoms with E-state index in [0.717, 1.165) is 12.0 Å². The number of methoxy groups -OCH3 is 3. The van der Waals surface area contributed by atoms with Crippen molar-refractivity contribution in [1.82, 2.24) is 4.90 Å². The second kappa shape index (κ2) is 8.52. The molecule has 2 aromatic rings. The highest BCUT2D eigenvalue weighted by atomic mass is 16.5. The maximum absolute atomic E-state index is 13.3. The highest BCUT2D eigenvalue weighted by molar-refractivity contribution is 5.98. The van der Waals surface area contributed by atoms with Gasteiger partial charge in [0.15, 0.2) is 11.5 Å². The molecule has 0 bridgehead atoms. The molecule has 3 rings (SSSR count). The predicted molar refractivity (Wildman–Crippen MR) is 106 cm³/mol. The van der Waals surface area contributed by atoms with Crippen molar-refractivity contribution in [2.75, 3.05) is 41.0 Å². The molecule has 0 aromatic heterocycles. The maximum Gasteiger partial charge on any atom is 0.257 e. The molecule has 28 heavy (non-hydrogen) atoms. The minimum absolute atomic E-state index is 0.0800. The van der Waals surface area contributed by atoms with Gasteiger partial charge in [-0.3, -0.25) is 4.79 Å². The Hall–Kier alpha value is -2.73. The number of hydrogen-bond donors (Lipinski definition) is 1. The number of benzene rings is 2. The molecule has 1 unspecified atom stereocenters. The summed E-state index contributed by atoms with van der Waals surface area (Å²) in [4.78, 5) is 15.1. The maximum atomic E-state index is 13.3. The summed E-state index contributed by atoms with van der Waals surface area (Å²) in [5, 5.41) is 9.65. The predicted octanol–water partition coefficient (Wildman–Crippen LogP) is 2.88. The van der Waals surface area contributed by atoms with Gasteiger partial charge in [-0.2, -0.15) is 0 Å². The van der Waals surface area contributed by atoms with Crippen molar-refractivity contribution in [3.05, 3.63) is 53.6 Å². The summed E-state index contributed by atoms with van der Waals surface area (Å²) in [7, 11) is 4.61. The van der Waals surface area contributed by atoms with Crippen molar-refractivity contribution in [3.8, 4) is 17.2 Å². The van der Waals surface area contributed by atoms with E-state index < -0.39 is 0 Å². The molecule has 150 valence electrons. The zero-order chi connectivity index (χ0) is 20.1. The van der Waals surface area contributed by atoms with Gasteiger partial charge in [0.05, 0.1) is 26.9 Å². The first-order chi connectivity index (χ1) is 13.6. The highest BCUT2D eigenvalue weighted by Crippen LogP contribution is 2.40. The molecule has 0 aliphatic carbocycles. The molecule has 0 spiro atoms. The van der Waals surface area contributed by atoms with Gasteiger partial charge in [-0.25, -0.2) is 0 Å². The Bertz CT molecular complexity index is 823. The number of carbonyl (C=O) groups is 1. The van der Waals surface area contributed by atoms with E-state index in [1.807, 2.05) is 23.1 Å². The standard InChI is InChI=1S/C22H27NO5/c1-26-18-14-20(28-3)19(27-2)13-17(18)21(25)23-11-9-22(15-23,10-12-24)16-7-5-4-6-8-16/h4-8,13-14,24H,9-12,15H2,1-3H3. The molecule has 1 aliphatic heterocycles. The number of amides is 1. The fraction of sp³-hybridized carbons (Fsp3) is 0.409. The summed E-state index contributed by atoms with van der Waals surface area (Å²) < 4.78 is 16.1. The van der Waals surface area contributed by atoms with Crippen molar-refractivity contribution in [2.24, 2.45) is 0 Å². The van der Waals surface area contributed by atoms with E-state index in [1.165, 1.54) is 14.2 Å². The van der Waals surface area contributed by atoms with Crippen LogP contribution < -0.4 is 14.2 Å². The van der Waals surface area contributed by atoms with Gasteiger partial charge in [-0.1, -0.05) is 30.3 Å². The van der Waals surface area contributed by atoms with E-state index in [0.29, 0.717) is 42.3 Å². The Morgan fingerprint density at radius 3 is 2.29 bits per heavy atom. The van der Waals surface area contributed by atoms with Crippen LogP contribution in [0.15, 0.2) is 42.5 Å². The summed E-state index contributed by atoms with van der Waals surface area (Å²) in [6, 6.07) is 13.4. The lowest BCUT2D eigenvalue weighted by Gasteiger charge is -2.29. The zero-order valence-electron chi connectivity index (χ0n) is 16.6. The van der Waals surface area contributed by atoms with Crippen LogP contribution >= 0.6 is 0 Å². The summed E-state index contributed by atoms with van der Waals surface area (Å²) >= 11 is 0. The van der Waals surface area contributed by atoms with Gasteiger partial charge in [0.2, 0.25) is 0 Å². The molecule has 1 amide bonds. The molecule has 1 atom stereocenters. The number of aliphatic hydroxyl groups is 1. The van der Waals surface area contributed by atoms with Crippen molar-refractivity contribution >= 4 is 5.91 Å². The Morgan fingerprint density at radius 2 is 1.68 bits per heavy atom. The minimum Gasteiger partial charge on any atom is -0.496 e. The van der Waals surface area contributed by atoms with E-state index in [2.05, 4.69) is 12.1 Å². The van der Waals surface area contributed by atoms with E-state index in [4.69, 9.17) is 14.2 Å². The zero-order valence-corrected chi connectivity index (χ0v) is 16.6. The van der Waals surface area contributed by atoms with Crippen LogP contribution in [0.3, 0.4) is 0 Å². The minimum atomic E-state index is -0.241. The van der Waals surface area contributed by atoms with Crippen LogP contribution in [0, 0.1) is 0 Å². The highest BCUT2D eigenvalue weighted by Gasteiger charge is 2.41. The number of hydrogen-bond acceptors (Lipinski definition) is 5.